The van der Waals surface area contributed by atoms with Gasteiger partial charge in [-0.3, -0.25) is 0 Å². The van der Waals surface area contributed by atoms with E-state index in [4.69, 9.17) is 21.6 Å². The Balaban J connectivity index is 3.30. The second-order valence-electron chi connectivity index (χ2n) is 2.95. The van der Waals surface area contributed by atoms with Crippen LogP contribution in [0.3, 0.4) is 0 Å². The highest BCUT2D eigenvalue weighted by atomic mass is 35.5. The molecule has 0 radical (unpaired) electrons. The van der Waals surface area contributed by atoms with Gasteiger partial charge in [-0.05, 0) is 11.6 Å². The highest BCUT2D eigenvalue weighted by molar-refractivity contribution is 6.17. The Morgan fingerprint density at radius 3 is 2.75 bits per heavy atom. The highest BCUT2D eigenvalue weighted by Gasteiger charge is 2.19. The Labute approximate surface area is 96.6 Å². The minimum atomic E-state index is -2.74. The lowest BCUT2D eigenvalue weighted by atomic mass is 10.1. The topological polar surface area (TPSA) is 45.9 Å². The molecule has 0 bridgehead atoms. The van der Waals surface area contributed by atoms with Crippen molar-refractivity contribution < 1.29 is 13.5 Å². The molecule has 1 aromatic heterocycles. The summed E-state index contributed by atoms with van der Waals surface area (Å²) >= 11 is 5.64. The summed E-state index contributed by atoms with van der Waals surface area (Å²) in [5.74, 6) is 0.0940. The number of hydrogen-bond acceptors (Lipinski definition) is 3. The second kappa shape index (κ2) is 5.61. The second-order valence-corrected chi connectivity index (χ2v) is 3.22. The maximum Gasteiger partial charge on any atom is 0.284 e. The van der Waals surface area contributed by atoms with Crippen molar-refractivity contribution in [1.29, 1.82) is 5.26 Å². The summed E-state index contributed by atoms with van der Waals surface area (Å²) < 4.78 is 30.0. The molecule has 0 aliphatic carbocycles. The van der Waals surface area contributed by atoms with E-state index in [1.165, 1.54) is 13.2 Å². The Morgan fingerprint density at radius 2 is 2.31 bits per heavy atom. The molecule has 3 nitrogen and oxygen atoms in total. The van der Waals surface area contributed by atoms with E-state index in [1.54, 1.807) is 0 Å². The van der Waals surface area contributed by atoms with Crippen LogP contribution in [0.25, 0.3) is 0 Å². The lowest BCUT2D eigenvalue weighted by Crippen LogP contribution is -2.03. The molecule has 0 fully saturated rings. The fourth-order valence-electron chi connectivity index (χ4n) is 1.25. The van der Waals surface area contributed by atoms with Gasteiger partial charge in [-0.1, -0.05) is 0 Å². The van der Waals surface area contributed by atoms with Crippen molar-refractivity contribution in [3.8, 4) is 11.8 Å². The zero-order chi connectivity index (χ0) is 12.1. The summed E-state index contributed by atoms with van der Waals surface area (Å²) in [7, 11) is 1.28. The average molecular weight is 247 g/mol. The van der Waals surface area contributed by atoms with Gasteiger partial charge in [-0.2, -0.15) is 5.26 Å². The van der Waals surface area contributed by atoms with Crippen LogP contribution in [-0.2, 0) is 12.3 Å². The molecule has 0 saturated carbocycles. The van der Waals surface area contributed by atoms with Crippen molar-refractivity contribution in [2.75, 3.05) is 7.11 Å². The quantitative estimate of drug-likeness (QED) is 0.768. The first-order chi connectivity index (χ1) is 7.63. The lowest BCUT2D eigenvalue weighted by Gasteiger charge is -2.11. The molecule has 0 aliphatic heterocycles. The highest BCUT2D eigenvalue weighted by Crippen LogP contribution is 2.29. The first-order valence-electron chi connectivity index (χ1n) is 4.41. The first kappa shape index (κ1) is 12.7. The number of ether oxygens (including phenoxy) is 1. The van der Waals surface area contributed by atoms with E-state index in [9.17, 15) is 8.78 Å². The molecule has 0 aliphatic rings. The van der Waals surface area contributed by atoms with Crippen LogP contribution in [0.1, 0.15) is 23.4 Å². The van der Waals surface area contributed by atoms with E-state index in [1.807, 2.05) is 6.07 Å². The average Bonchev–Trinajstić information content (AvgIpc) is 2.28. The van der Waals surface area contributed by atoms with Gasteiger partial charge in [-0.15, -0.1) is 11.6 Å². The predicted octanol–water partition coefficient (Wildman–Crippen LogP) is 2.83. The number of methoxy groups -OCH3 is 1. The zero-order valence-electron chi connectivity index (χ0n) is 8.51. The Hall–Kier alpha value is -1.41. The van der Waals surface area contributed by atoms with Crippen LogP contribution in [0.15, 0.2) is 6.07 Å². The summed E-state index contributed by atoms with van der Waals surface area (Å²) in [6, 6.07) is 3.25. The van der Waals surface area contributed by atoms with Crippen molar-refractivity contribution in [1.82, 2.24) is 4.98 Å². The molecule has 16 heavy (non-hydrogen) atoms. The van der Waals surface area contributed by atoms with Gasteiger partial charge in [0, 0.05) is 5.88 Å². The van der Waals surface area contributed by atoms with Crippen LogP contribution in [0.4, 0.5) is 8.78 Å². The maximum absolute atomic E-state index is 12.6. The Bertz CT molecular complexity index is 418. The van der Waals surface area contributed by atoms with Gasteiger partial charge < -0.3 is 4.74 Å². The first-order valence-corrected chi connectivity index (χ1v) is 4.95. The molecular formula is C10H9ClF2N2O. The molecule has 0 atom stereocenters. The SMILES string of the molecule is COc1cc(CCl)c(CC#N)nc1C(F)F. The fourth-order valence-corrected chi connectivity index (χ4v) is 1.48. The van der Waals surface area contributed by atoms with Crippen molar-refractivity contribution >= 4 is 11.6 Å². The largest absolute Gasteiger partial charge is 0.495 e. The smallest absolute Gasteiger partial charge is 0.284 e. The van der Waals surface area contributed by atoms with E-state index >= 15 is 0 Å². The standard InChI is InChI=1S/C10H9ClF2N2O/c1-16-8-4-6(5-11)7(2-3-14)15-9(8)10(12)13/h4,10H,2,5H2,1H3. The van der Waals surface area contributed by atoms with Crippen molar-refractivity contribution in [3.05, 3.63) is 23.0 Å². The van der Waals surface area contributed by atoms with Gasteiger partial charge in [0.15, 0.2) is 0 Å². The molecule has 0 saturated heterocycles. The summed E-state index contributed by atoms with van der Waals surface area (Å²) in [5, 5.41) is 8.54. The number of pyridine rings is 1. The summed E-state index contributed by atoms with van der Waals surface area (Å²) in [4.78, 5) is 3.72. The van der Waals surface area contributed by atoms with E-state index in [-0.39, 0.29) is 23.7 Å². The monoisotopic (exact) mass is 246 g/mol. The molecule has 1 heterocycles. The third-order valence-corrected chi connectivity index (χ3v) is 2.29. The number of halogens is 3. The van der Waals surface area contributed by atoms with Crippen LogP contribution in [0.5, 0.6) is 5.75 Å². The van der Waals surface area contributed by atoms with E-state index < -0.39 is 12.1 Å². The molecule has 1 rings (SSSR count). The van der Waals surface area contributed by atoms with Gasteiger partial charge in [0.25, 0.3) is 6.43 Å². The number of alkyl halides is 3. The summed E-state index contributed by atoms with van der Waals surface area (Å²) in [5.41, 5.74) is 0.347. The third-order valence-electron chi connectivity index (χ3n) is 2.00. The number of rotatable bonds is 4. The molecule has 6 heteroatoms. The van der Waals surface area contributed by atoms with Gasteiger partial charge in [-0.25, -0.2) is 13.8 Å². The van der Waals surface area contributed by atoms with Gasteiger partial charge >= 0.3 is 0 Å². The molecular weight excluding hydrogens is 238 g/mol. The third kappa shape index (κ3) is 2.58. The zero-order valence-corrected chi connectivity index (χ0v) is 9.26. The van der Waals surface area contributed by atoms with Crippen LogP contribution in [0, 0.1) is 11.3 Å². The van der Waals surface area contributed by atoms with Crippen molar-refractivity contribution in [2.45, 2.75) is 18.7 Å². The molecule has 86 valence electrons. The van der Waals surface area contributed by atoms with Crippen LogP contribution in [-0.4, -0.2) is 12.1 Å². The number of hydrogen-bond donors (Lipinski definition) is 0. The Kier molecular flexibility index (Phi) is 4.44. The van der Waals surface area contributed by atoms with Gasteiger partial charge in [0.05, 0.1) is 25.3 Å². The van der Waals surface area contributed by atoms with Crippen LogP contribution >= 0.6 is 11.6 Å². The minimum absolute atomic E-state index is 0.00709. The van der Waals surface area contributed by atoms with Crippen molar-refractivity contribution in [3.63, 3.8) is 0 Å². The van der Waals surface area contributed by atoms with Gasteiger partial charge in [0.2, 0.25) is 0 Å². The van der Waals surface area contributed by atoms with E-state index in [0.717, 1.165) is 0 Å². The fraction of sp³-hybridized carbons (Fsp3) is 0.400. The van der Waals surface area contributed by atoms with Crippen LogP contribution < -0.4 is 4.74 Å². The number of aromatic nitrogens is 1. The molecule has 0 aromatic carbocycles. The molecule has 1 aromatic rings. The minimum Gasteiger partial charge on any atom is -0.495 e. The lowest BCUT2D eigenvalue weighted by molar-refractivity contribution is 0.141. The predicted molar refractivity (Wildman–Crippen MR) is 54.6 cm³/mol. The van der Waals surface area contributed by atoms with E-state index in [2.05, 4.69) is 4.98 Å². The normalized spacial score (nSPS) is 10.2. The molecule has 0 N–H and O–H groups in total. The molecule has 0 amide bonds. The summed E-state index contributed by atoms with van der Waals surface area (Å²) in [6.45, 7) is 0. The van der Waals surface area contributed by atoms with Gasteiger partial charge in [0.1, 0.15) is 11.4 Å². The summed E-state index contributed by atoms with van der Waals surface area (Å²) in [6.07, 6.45) is -2.79. The van der Waals surface area contributed by atoms with Crippen molar-refractivity contribution in [2.24, 2.45) is 0 Å². The molecule has 0 spiro atoms. The van der Waals surface area contributed by atoms with E-state index in [0.29, 0.717) is 5.56 Å². The maximum atomic E-state index is 12.6. The number of nitriles is 1. The van der Waals surface area contributed by atoms with Crippen LogP contribution in [0.2, 0.25) is 0 Å². The Morgan fingerprint density at radius 1 is 1.62 bits per heavy atom. The molecule has 0 unspecified atom stereocenters. The number of nitrogens with zero attached hydrogens (tertiary/aromatic N) is 2.